The van der Waals surface area contributed by atoms with Crippen LogP contribution in [0.4, 0.5) is 0 Å². The molecule has 1 aromatic carbocycles. The Kier molecular flexibility index (Phi) is 18.8. The first-order chi connectivity index (χ1) is 16.2. The van der Waals surface area contributed by atoms with Crippen molar-refractivity contribution >= 4 is 0 Å². The van der Waals surface area contributed by atoms with Crippen LogP contribution in [-0.2, 0) is 6.54 Å². The molecule has 0 aliphatic carbocycles. The molecular formula is C32H60N+. The van der Waals surface area contributed by atoms with Crippen molar-refractivity contribution < 1.29 is 4.48 Å². The van der Waals surface area contributed by atoms with Crippen LogP contribution < -0.4 is 0 Å². The van der Waals surface area contributed by atoms with E-state index in [0.717, 1.165) is 0 Å². The highest BCUT2D eigenvalue weighted by Crippen LogP contribution is 2.22. The average molecular weight is 459 g/mol. The first kappa shape index (κ1) is 30.2. The summed E-state index contributed by atoms with van der Waals surface area (Å²) in [4.78, 5) is 0. The Hall–Kier alpha value is -0.820. The van der Waals surface area contributed by atoms with Crippen LogP contribution in [0.2, 0.25) is 0 Å². The van der Waals surface area contributed by atoms with E-state index in [0.29, 0.717) is 0 Å². The number of hydrogen-bond donors (Lipinski definition) is 0. The van der Waals surface area contributed by atoms with Crippen LogP contribution in [0.1, 0.15) is 147 Å². The lowest BCUT2D eigenvalue weighted by atomic mass is 10.0. The lowest BCUT2D eigenvalue weighted by Gasteiger charge is -2.39. The van der Waals surface area contributed by atoms with E-state index in [9.17, 15) is 0 Å². The Labute approximate surface area is 209 Å². The fourth-order valence-corrected chi connectivity index (χ4v) is 5.34. The number of benzene rings is 1. The molecule has 0 aliphatic rings. The minimum atomic E-state index is 1.25. The Morgan fingerprint density at radius 1 is 0.455 bits per heavy atom. The van der Waals surface area contributed by atoms with Crippen molar-refractivity contribution in [2.75, 3.05) is 19.6 Å². The fraction of sp³-hybridized carbons (Fsp3) is 0.812. The van der Waals surface area contributed by atoms with Gasteiger partial charge in [0.05, 0.1) is 19.6 Å². The third-order valence-electron chi connectivity index (χ3n) is 7.60. The highest BCUT2D eigenvalue weighted by Gasteiger charge is 2.26. The molecule has 0 saturated carbocycles. The van der Waals surface area contributed by atoms with Crippen molar-refractivity contribution in [1.29, 1.82) is 0 Å². The highest BCUT2D eigenvalue weighted by atomic mass is 15.3. The predicted molar refractivity (Wildman–Crippen MR) is 150 cm³/mol. The number of rotatable bonds is 23. The molecule has 0 spiro atoms. The number of quaternary nitrogens is 1. The van der Waals surface area contributed by atoms with Gasteiger partial charge in [0.1, 0.15) is 6.54 Å². The summed E-state index contributed by atoms with van der Waals surface area (Å²) in [5.41, 5.74) is 2.95. The summed E-state index contributed by atoms with van der Waals surface area (Å²) in [6.07, 6.45) is 25.5. The van der Waals surface area contributed by atoms with Crippen LogP contribution in [0, 0.1) is 6.92 Å². The van der Waals surface area contributed by atoms with Crippen molar-refractivity contribution in [3.05, 3.63) is 35.4 Å². The number of hydrogen-bond acceptors (Lipinski definition) is 0. The number of aryl methyl sites for hydroxylation is 1. The van der Waals surface area contributed by atoms with E-state index >= 15 is 0 Å². The molecule has 1 heteroatoms. The summed E-state index contributed by atoms with van der Waals surface area (Å²) in [5, 5.41) is 0. The maximum atomic E-state index is 2.41. The van der Waals surface area contributed by atoms with Gasteiger partial charge in [-0.2, -0.15) is 0 Å². The Bertz CT molecular complexity index is 491. The van der Waals surface area contributed by atoms with E-state index in [1.54, 1.807) is 5.56 Å². The SMILES string of the molecule is CCCCCCCC[N+](CCCCCCCC)(CCCCCCCC)Cc1ccc(C)cc1. The smallest absolute Gasteiger partial charge is 0.104 e. The van der Waals surface area contributed by atoms with Gasteiger partial charge in [-0.1, -0.05) is 128 Å². The van der Waals surface area contributed by atoms with E-state index in [2.05, 4.69) is 52.0 Å². The van der Waals surface area contributed by atoms with Gasteiger partial charge in [0.25, 0.3) is 0 Å². The second kappa shape index (κ2) is 20.5. The molecule has 192 valence electrons. The molecule has 0 heterocycles. The molecule has 0 atom stereocenters. The van der Waals surface area contributed by atoms with Crippen LogP contribution in [0.5, 0.6) is 0 Å². The van der Waals surface area contributed by atoms with Gasteiger partial charge in [-0.05, 0) is 45.4 Å². The molecule has 0 fully saturated rings. The van der Waals surface area contributed by atoms with Gasteiger partial charge < -0.3 is 4.48 Å². The number of nitrogens with zero attached hydrogens (tertiary/aromatic N) is 1. The van der Waals surface area contributed by atoms with Crippen LogP contribution in [-0.4, -0.2) is 24.1 Å². The summed E-state index contributed by atoms with van der Waals surface area (Å²) in [6, 6.07) is 9.46. The number of unbranched alkanes of at least 4 members (excludes halogenated alkanes) is 15. The Morgan fingerprint density at radius 3 is 1.15 bits per heavy atom. The van der Waals surface area contributed by atoms with Crippen molar-refractivity contribution in [2.45, 2.75) is 150 Å². The molecule has 33 heavy (non-hydrogen) atoms. The summed E-state index contributed by atoms with van der Waals surface area (Å²) < 4.78 is 1.35. The van der Waals surface area contributed by atoms with E-state index in [1.807, 2.05) is 0 Å². The standard InChI is InChI=1S/C32H60N/c1-5-8-11-14-17-20-27-33(28-21-18-15-12-9-6-2,29-22-19-16-13-10-7-3)30-32-25-23-31(4)24-26-32/h23-26H,5-22,27-30H2,1-4H3/q+1. The van der Waals surface area contributed by atoms with E-state index in [-0.39, 0.29) is 0 Å². The summed E-state index contributed by atoms with van der Waals surface area (Å²) in [5.74, 6) is 0. The second-order valence-corrected chi connectivity index (χ2v) is 11.0. The summed E-state index contributed by atoms with van der Waals surface area (Å²) in [6.45, 7) is 14.6. The molecule has 0 N–H and O–H groups in total. The second-order valence-electron chi connectivity index (χ2n) is 11.0. The van der Waals surface area contributed by atoms with Crippen molar-refractivity contribution in [3.63, 3.8) is 0 Å². The molecule has 0 amide bonds. The summed E-state index contributed by atoms with van der Waals surface area (Å²) >= 11 is 0. The zero-order valence-corrected chi connectivity index (χ0v) is 23.3. The molecule has 0 unspecified atom stereocenters. The first-order valence-corrected chi connectivity index (χ1v) is 15.1. The molecule has 0 saturated heterocycles. The molecule has 0 aliphatic heterocycles. The minimum absolute atomic E-state index is 1.25. The summed E-state index contributed by atoms with van der Waals surface area (Å²) in [7, 11) is 0. The molecule has 1 rings (SSSR count). The van der Waals surface area contributed by atoms with E-state index in [4.69, 9.17) is 0 Å². The van der Waals surface area contributed by atoms with Gasteiger partial charge in [-0.15, -0.1) is 0 Å². The largest absolute Gasteiger partial charge is 0.320 e. The van der Waals surface area contributed by atoms with Crippen molar-refractivity contribution in [1.82, 2.24) is 0 Å². The van der Waals surface area contributed by atoms with Crippen molar-refractivity contribution in [3.8, 4) is 0 Å². The fourth-order valence-electron chi connectivity index (χ4n) is 5.34. The van der Waals surface area contributed by atoms with Gasteiger partial charge in [0.2, 0.25) is 0 Å². The van der Waals surface area contributed by atoms with Crippen LogP contribution in [0.15, 0.2) is 24.3 Å². The quantitative estimate of drug-likeness (QED) is 0.113. The molecule has 1 nitrogen and oxygen atoms in total. The van der Waals surface area contributed by atoms with Crippen LogP contribution in [0.25, 0.3) is 0 Å². The van der Waals surface area contributed by atoms with Gasteiger partial charge in [-0.25, -0.2) is 0 Å². The molecule has 1 aromatic rings. The highest BCUT2D eigenvalue weighted by molar-refractivity contribution is 5.20. The maximum absolute atomic E-state index is 2.41. The molecule has 0 bridgehead atoms. The lowest BCUT2D eigenvalue weighted by Crippen LogP contribution is -2.49. The molecular weight excluding hydrogens is 398 g/mol. The Balaban J connectivity index is 2.76. The monoisotopic (exact) mass is 458 g/mol. The average Bonchev–Trinajstić information content (AvgIpc) is 2.82. The minimum Gasteiger partial charge on any atom is -0.320 e. The van der Waals surface area contributed by atoms with E-state index < -0.39 is 0 Å². The first-order valence-electron chi connectivity index (χ1n) is 15.1. The van der Waals surface area contributed by atoms with Crippen molar-refractivity contribution in [2.24, 2.45) is 0 Å². The topological polar surface area (TPSA) is 0 Å². The molecule has 0 aromatic heterocycles. The predicted octanol–water partition coefficient (Wildman–Crippen LogP) is 10.4. The third kappa shape index (κ3) is 15.7. The molecule has 0 radical (unpaired) electrons. The van der Waals surface area contributed by atoms with Gasteiger partial charge in [0, 0.05) is 5.56 Å². The van der Waals surface area contributed by atoms with Gasteiger partial charge >= 0.3 is 0 Å². The normalized spacial score (nSPS) is 11.9. The van der Waals surface area contributed by atoms with Crippen LogP contribution >= 0.6 is 0 Å². The Morgan fingerprint density at radius 2 is 0.788 bits per heavy atom. The van der Waals surface area contributed by atoms with Crippen LogP contribution in [0.3, 0.4) is 0 Å². The lowest BCUT2D eigenvalue weighted by molar-refractivity contribution is -0.941. The van der Waals surface area contributed by atoms with E-state index in [1.165, 1.54) is 152 Å². The zero-order valence-electron chi connectivity index (χ0n) is 23.3. The van der Waals surface area contributed by atoms with Gasteiger partial charge in [-0.3, -0.25) is 0 Å². The van der Waals surface area contributed by atoms with Gasteiger partial charge in [0.15, 0.2) is 0 Å². The third-order valence-corrected chi connectivity index (χ3v) is 7.60. The maximum Gasteiger partial charge on any atom is 0.104 e. The zero-order chi connectivity index (χ0) is 24.0.